The monoisotopic (exact) mass is 256 g/mol. The normalized spacial score (nSPS) is 18.8. The second-order valence-electron chi connectivity index (χ2n) is 6.48. The fraction of sp³-hybridized carbons (Fsp3) is 0.588. The summed E-state index contributed by atoms with van der Waals surface area (Å²) < 4.78 is 0. The van der Waals surface area contributed by atoms with Crippen molar-refractivity contribution in [2.24, 2.45) is 11.3 Å². The standard InChI is InChI=1S/C17H24N2/c1-14-11-15-7-4-5-8-16(15)19(12-14)10-6-9-17(2,3)13-18/h4-5,7-8,14H,6,9-12H2,1-3H3. The Morgan fingerprint density at radius 3 is 2.84 bits per heavy atom. The molecule has 1 aliphatic rings. The first-order valence-electron chi connectivity index (χ1n) is 7.26. The van der Waals surface area contributed by atoms with Crippen molar-refractivity contribution < 1.29 is 0 Å². The lowest BCUT2D eigenvalue weighted by Gasteiger charge is -2.35. The van der Waals surface area contributed by atoms with E-state index >= 15 is 0 Å². The van der Waals surface area contributed by atoms with Crippen molar-refractivity contribution in [3.8, 4) is 6.07 Å². The Balaban J connectivity index is 2.00. The van der Waals surface area contributed by atoms with Crippen molar-refractivity contribution in [2.75, 3.05) is 18.0 Å². The van der Waals surface area contributed by atoms with Gasteiger partial charge in [-0.2, -0.15) is 5.26 Å². The molecule has 0 N–H and O–H groups in total. The van der Waals surface area contributed by atoms with Crippen LogP contribution in [-0.2, 0) is 6.42 Å². The van der Waals surface area contributed by atoms with Gasteiger partial charge in [-0.15, -0.1) is 0 Å². The van der Waals surface area contributed by atoms with E-state index in [2.05, 4.69) is 42.2 Å². The van der Waals surface area contributed by atoms with Gasteiger partial charge >= 0.3 is 0 Å². The number of anilines is 1. The quantitative estimate of drug-likeness (QED) is 0.813. The molecule has 0 aromatic heterocycles. The molecule has 0 amide bonds. The van der Waals surface area contributed by atoms with E-state index < -0.39 is 0 Å². The van der Waals surface area contributed by atoms with Crippen molar-refractivity contribution in [3.63, 3.8) is 0 Å². The van der Waals surface area contributed by atoms with Gasteiger partial charge in [-0.1, -0.05) is 25.1 Å². The zero-order chi connectivity index (χ0) is 13.9. The average Bonchev–Trinajstić information content (AvgIpc) is 2.38. The minimum absolute atomic E-state index is 0.194. The molecule has 2 nitrogen and oxygen atoms in total. The van der Waals surface area contributed by atoms with E-state index in [0.717, 1.165) is 31.8 Å². The van der Waals surface area contributed by atoms with Gasteiger partial charge in [-0.3, -0.25) is 0 Å². The molecule has 0 saturated carbocycles. The summed E-state index contributed by atoms with van der Waals surface area (Å²) in [6, 6.07) is 11.1. The maximum absolute atomic E-state index is 9.07. The molecule has 1 unspecified atom stereocenters. The third-order valence-electron chi connectivity index (χ3n) is 3.97. The van der Waals surface area contributed by atoms with Gasteiger partial charge in [0, 0.05) is 18.8 Å². The summed E-state index contributed by atoms with van der Waals surface area (Å²) in [6.07, 6.45) is 3.24. The van der Waals surface area contributed by atoms with Crippen molar-refractivity contribution in [1.82, 2.24) is 0 Å². The van der Waals surface area contributed by atoms with Crippen LogP contribution in [0.4, 0.5) is 5.69 Å². The highest BCUT2D eigenvalue weighted by atomic mass is 15.1. The van der Waals surface area contributed by atoms with E-state index in [1.165, 1.54) is 17.7 Å². The molecule has 1 atom stereocenters. The number of benzene rings is 1. The number of nitrogens with zero attached hydrogens (tertiary/aromatic N) is 2. The first kappa shape index (κ1) is 13.9. The first-order chi connectivity index (χ1) is 9.02. The fourth-order valence-corrected chi connectivity index (χ4v) is 2.89. The highest BCUT2D eigenvalue weighted by molar-refractivity contribution is 5.55. The summed E-state index contributed by atoms with van der Waals surface area (Å²) in [6.45, 7) is 8.58. The molecule has 0 fully saturated rings. The summed E-state index contributed by atoms with van der Waals surface area (Å²) in [5.74, 6) is 0.721. The molecule has 2 heteroatoms. The molecule has 0 spiro atoms. The second kappa shape index (κ2) is 5.65. The van der Waals surface area contributed by atoms with Gasteiger partial charge in [-0.05, 0) is 50.7 Å². The topological polar surface area (TPSA) is 27.0 Å². The van der Waals surface area contributed by atoms with E-state index in [1.54, 1.807) is 0 Å². The van der Waals surface area contributed by atoms with Gasteiger partial charge in [0.15, 0.2) is 0 Å². The molecule has 1 aliphatic heterocycles. The molecule has 2 rings (SSSR count). The van der Waals surface area contributed by atoms with Gasteiger partial charge in [0.1, 0.15) is 0 Å². The van der Waals surface area contributed by atoms with Crippen LogP contribution < -0.4 is 4.90 Å². The molecular formula is C17H24N2. The van der Waals surface area contributed by atoms with Gasteiger partial charge in [-0.25, -0.2) is 0 Å². The minimum atomic E-state index is -0.194. The molecule has 0 radical (unpaired) electrons. The van der Waals surface area contributed by atoms with Crippen LogP contribution in [0.3, 0.4) is 0 Å². The van der Waals surface area contributed by atoms with Crippen molar-refractivity contribution in [2.45, 2.75) is 40.0 Å². The smallest absolute Gasteiger partial charge is 0.0683 e. The first-order valence-corrected chi connectivity index (χ1v) is 7.26. The highest BCUT2D eigenvalue weighted by Crippen LogP contribution is 2.30. The van der Waals surface area contributed by atoms with Crippen LogP contribution >= 0.6 is 0 Å². The summed E-state index contributed by atoms with van der Waals surface area (Å²) in [7, 11) is 0. The number of hydrogen-bond donors (Lipinski definition) is 0. The Bertz CT molecular complexity index is 470. The van der Waals surface area contributed by atoms with Crippen LogP contribution in [0.15, 0.2) is 24.3 Å². The maximum Gasteiger partial charge on any atom is 0.0683 e. The summed E-state index contributed by atoms with van der Waals surface area (Å²) in [4.78, 5) is 2.50. The Morgan fingerprint density at radius 1 is 1.37 bits per heavy atom. The lowest BCUT2D eigenvalue weighted by atomic mass is 9.89. The van der Waals surface area contributed by atoms with Crippen LogP contribution in [0.2, 0.25) is 0 Å². The molecule has 0 bridgehead atoms. The second-order valence-corrected chi connectivity index (χ2v) is 6.48. The van der Waals surface area contributed by atoms with Gasteiger partial charge in [0.05, 0.1) is 11.5 Å². The molecule has 0 aliphatic carbocycles. The van der Waals surface area contributed by atoms with Crippen LogP contribution in [0.5, 0.6) is 0 Å². The predicted molar refractivity (Wildman–Crippen MR) is 80.2 cm³/mol. The summed E-state index contributed by atoms with van der Waals surface area (Å²) >= 11 is 0. The number of nitriles is 1. The SMILES string of the molecule is CC1Cc2ccccc2N(CCCC(C)(C)C#N)C1. The number of para-hydroxylation sites is 1. The molecule has 1 aromatic carbocycles. The molecule has 19 heavy (non-hydrogen) atoms. The number of fused-ring (bicyclic) bond motifs is 1. The molecule has 102 valence electrons. The fourth-order valence-electron chi connectivity index (χ4n) is 2.89. The van der Waals surface area contributed by atoms with Crippen LogP contribution in [0, 0.1) is 22.7 Å². The van der Waals surface area contributed by atoms with Gasteiger partial charge in [0.25, 0.3) is 0 Å². The van der Waals surface area contributed by atoms with E-state index in [0.29, 0.717) is 0 Å². The van der Waals surface area contributed by atoms with Gasteiger partial charge in [0.2, 0.25) is 0 Å². The predicted octanol–water partition coefficient (Wildman–Crippen LogP) is 4.02. The minimum Gasteiger partial charge on any atom is -0.371 e. The Labute approximate surface area is 117 Å². The van der Waals surface area contributed by atoms with Crippen LogP contribution in [0.1, 0.15) is 39.2 Å². The Hall–Kier alpha value is -1.49. The molecule has 1 aromatic rings. The number of rotatable bonds is 4. The summed E-state index contributed by atoms with van der Waals surface area (Å²) in [5.41, 5.74) is 2.68. The highest BCUT2D eigenvalue weighted by Gasteiger charge is 2.22. The lowest BCUT2D eigenvalue weighted by Crippen LogP contribution is -2.35. The molecule has 1 heterocycles. The Morgan fingerprint density at radius 2 is 2.11 bits per heavy atom. The summed E-state index contributed by atoms with van der Waals surface area (Å²) in [5, 5.41) is 9.07. The van der Waals surface area contributed by atoms with E-state index in [4.69, 9.17) is 5.26 Å². The maximum atomic E-state index is 9.07. The van der Waals surface area contributed by atoms with Gasteiger partial charge < -0.3 is 4.90 Å². The lowest BCUT2D eigenvalue weighted by molar-refractivity contribution is 0.427. The van der Waals surface area contributed by atoms with E-state index in [1.807, 2.05) is 13.8 Å². The number of hydrogen-bond acceptors (Lipinski definition) is 2. The van der Waals surface area contributed by atoms with Crippen molar-refractivity contribution in [3.05, 3.63) is 29.8 Å². The zero-order valence-corrected chi connectivity index (χ0v) is 12.3. The zero-order valence-electron chi connectivity index (χ0n) is 12.3. The average molecular weight is 256 g/mol. The third-order valence-corrected chi connectivity index (χ3v) is 3.97. The van der Waals surface area contributed by atoms with Crippen molar-refractivity contribution in [1.29, 1.82) is 5.26 Å². The van der Waals surface area contributed by atoms with Crippen LogP contribution in [0.25, 0.3) is 0 Å². The van der Waals surface area contributed by atoms with Crippen LogP contribution in [-0.4, -0.2) is 13.1 Å². The molecule has 0 saturated heterocycles. The van der Waals surface area contributed by atoms with E-state index in [9.17, 15) is 0 Å². The largest absolute Gasteiger partial charge is 0.371 e. The molecular weight excluding hydrogens is 232 g/mol. The van der Waals surface area contributed by atoms with E-state index in [-0.39, 0.29) is 5.41 Å². The van der Waals surface area contributed by atoms with Crippen molar-refractivity contribution >= 4 is 5.69 Å². The third kappa shape index (κ3) is 3.50. The Kier molecular flexibility index (Phi) is 4.14.